The van der Waals surface area contributed by atoms with E-state index in [0.29, 0.717) is 11.3 Å². The highest BCUT2D eigenvalue weighted by Gasteiger charge is 2.47. The zero-order valence-electron chi connectivity index (χ0n) is 14.0. The van der Waals surface area contributed by atoms with Crippen molar-refractivity contribution in [2.24, 2.45) is 11.3 Å². The van der Waals surface area contributed by atoms with E-state index < -0.39 is 0 Å². The van der Waals surface area contributed by atoms with E-state index >= 15 is 0 Å². The number of hydrogen-bond donors (Lipinski definition) is 0. The van der Waals surface area contributed by atoms with Crippen LogP contribution in [-0.2, 0) is 9.53 Å². The molecule has 3 heterocycles. The molecule has 2 aliphatic rings. The van der Waals surface area contributed by atoms with Crippen LogP contribution in [0.25, 0.3) is 6.08 Å². The molecule has 0 unspecified atom stereocenters. The molecule has 1 atom stereocenters. The maximum absolute atomic E-state index is 12.4. The average Bonchev–Trinajstić information content (AvgIpc) is 3.15. The molecule has 0 saturated carbocycles. The Bertz CT molecular complexity index is 547. The Hall–Kier alpha value is -1.17. The zero-order chi connectivity index (χ0) is 16.3. The van der Waals surface area contributed by atoms with E-state index in [4.69, 9.17) is 4.74 Å². The molecule has 4 nitrogen and oxygen atoms in total. The van der Waals surface area contributed by atoms with Crippen LogP contribution in [0.15, 0.2) is 23.6 Å². The molecule has 0 bridgehead atoms. The molecule has 2 fully saturated rings. The Morgan fingerprint density at radius 3 is 2.91 bits per heavy atom. The number of carbonyl (C=O) groups is 1. The van der Waals surface area contributed by atoms with Gasteiger partial charge < -0.3 is 14.5 Å². The van der Waals surface area contributed by atoms with Crippen molar-refractivity contribution < 1.29 is 9.53 Å². The van der Waals surface area contributed by atoms with Gasteiger partial charge in [-0.05, 0) is 42.8 Å². The summed E-state index contributed by atoms with van der Waals surface area (Å²) in [5.74, 6) is 0.735. The number of rotatable bonds is 4. The predicted molar refractivity (Wildman–Crippen MR) is 94.5 cm³/mol. The molecule has 1 aromatic rings. The molecule has 0 radical (unpaired) electrons. The summed E-state index contributed by atoms with van der Waals surface area (Å²) in [6.45, 7) is 4.80. The van der Waals surface area contributed by atoms with E-state index in [1.54, 1.807) is 24.5 Å². The quantitative estimate of drug-likeness (QED) is 0.794. The van der Waals surface area contributed by atoms with Gasteiger partial charge in [-0.3, -0.25) is 4.79 Å². The molecular weight excluding hydrogens is 308 g/mol. The smallest absolute Gasteiger partial charge is 0.246 e. The number of amides is 1. The van der Waals surface area contributed by atoms with E-state index in [1.807, 2.05) is 28.5 Å². The van der Waals surface area contributed by atoms with Crippen LogP contribution < -0.4 is 0 Å². The third kappa shape index (κ3) is 3.67. The molecule has 5 heteroatoms. The number of ether oxygens (including phenoxy) is 1. The lowest BCUT2D eigenvalue weighted by Crippen LogP contribution is -2.46. The van der Waals surface area contributed by atoms with Gasteiger partial charge in [0.25, 0.3) is 0 Å². The first kappa shape index (κ1) is 16.7. The second-order valence-corrected chi connectivity index (χ2v) is 7.86. The fourth-order valence-electron chi connectivity index (χ4n) is 4.12. The Morgan fingerprint density at radius 2 is 2.26 bits per heavy atom. The summed E-state index contributed by atoms with van der Waals surface area (Å²) < 4.78 is 5.44. The van der Waals surface area contributed by atoms with Crippen LogP contribution in [0.5, 0.6) is 0 Å². The topological polar surface area (TPSA) is 32.8 Å². The van der Waals surface area contributed by atoms with Gasteiger partial charge in [0.05, 0.1) is 6.61 Å². The Morgan fingerprint density at radius 1 is 1.48 bits per heavy atom. The van der Waals surface area contributed by atoms with Gasteiger partial charge in [-0.2, -0.15) is 0 Å². The average molecular weight is 334 g/mol. The summed E-state index contributed by atoms with van der Waals surface area (Å²) in [6, 6.07) is 4.04. The van der Waals surface area contributed by atoms with Gasteiger partial charge in [0.2, 0.25) is 5.91 Å². The maximum Gasteiger partial charge on any atom is 0.246 e. The van der Waals surface area contributed by atoms with E-state index in [1.165, 1.54) is 0 Å². The van der Waals surface area contributed by atoms with Crippen LogP contribution >= 0.6 is 11.3 Å². The lowest BCUT2D eigenvalue weighted by molar-refractivity contribution is -0.128. The SMILES string of the molecule is COC[C@H]1CN(C)CC12CCN(C(=O)/C=C/c1cccs1)CC2. The molecule has 2 saturated heterocycles. The molecule has 0 aromatic carbocycles. The summed E-state index contributed by atoms with van der Waals surface area (Å²) >= 11 is 1.66. The third-order valence-corrected chi connectivity index (χ3v) is 6.19. The Kier molecular flexibility index (Phi) is 5.19. The second-order valence-electron chi connectivity index (χ2n) is 6.89. The number of carbonyl (C=O) groups excluding carboxylic acids is 1. The van der Waals surface area contributed by atoms with Crippen LogP contribution in [0, 0.1) is 11.3 Å². The fourth-order valence-corrected chi connectivity index (χ4v) is 4.73. The molecule has 2 aliphatic heterocycles. The Balaban J connectivity index is 1.58. The zero-order valence-corrected chi connectivity index (χ0v) is 14.8. The van der Waals surface area contributed by atoms with E-state index in [2.05, 4.69) is 11.9 Å². The van der Waals surface area contributed by atoms with E-state index in [9.17, 15) is 4.79 Å². The highest BCUT2D eigenvalue weighted by molar-refractivity contribution is 7.10. The second kappa shape index (κ2) is 7.16. The van der Waals surface area contributed by atoms with Crippen LogP contribution in [0.3, 0.4) is 0 Å². The number of thiophene rings is 1. The highest BCUT2D eigenvalue weighted by Crippen LogP contribution is 2.44. The van der Waals surface area contributed by atoms with Crippen LogP contribution in [0.1, 0.15) is 17.7 Å². The van der Waals surface area contributed by atoms with Crippen molar-refractivity contribution in [2.75, 3.05) is 46.9 Å². The normalized spacial score (nSPS) is 24.8. The molecule has 1 spiro atoms. The van der Waals surface area contributed by atoms with Gasteiger partial charge in [-0.1, -0.05) is 6.07 Å². The monoisotopic (exact) mass is 334 g/mol. The summed E-state index contributed by atoms with van der Waals surface area (Å²) in [4.78, 5) is 17.9. The molecule has 3 rings (SSSR count). The fraction of sp³-hybridized carbons (Fsp3) is 0.611. The Labute approximate surface area is 142 Å². The molecule has 0 aliphatic carbocycles. The first-order chi connectivity index (χ1) is 11.1. The van der Waals surface area contributed by atoms with E-state index in [0.717, 1.165) is 50.5 Å². The van der Waals surface area contributed by atoms with Crippen molar-refractivity contribution in [3.63, 3.8) is 0 Å². The summed E-state index contributed by atoms with van der Waals surface area (Å²) in [5.41, 5.74) is 0.332. The first-order valence-corrected chi connectivity index (χ1v) is 9.19. The van der Waals surface area contributed by atoms with Crippen molar-refractivity contribution in [1.82, 2.24) is 9.80 Å². The van der Waals surface area contributed by atoms with Crippen LogP contribution in [0.2, 0.25) is 0 Å². The minimum Gasteiger partial charge on any atom is -0.384 e. The van der Waals surface area contributed by atoms with Gasteiger partial charge in [0.15, 0.2) is 0 Å². The van der Waals surface area contributed by atoms with Crippen molar-refractivity contribution in [1.29, 1.82) is 0 Å². The minimum absolute atomic E-state index is 0.142. The van der Waals surface area contributed by atoms with Gasteiger partial charge in [0.1, 0.15) is 0 Å². The summed E-state index contributed by atoms with van der Waals surface area (Å²) in [6.07, 6.45) is 5.82. The van der Waals surface area contributed by atoms with Gasteiger partial charge in [-0.25, -0.2) is 0 Å². The van der Waals surface area contributed by atoms with Crippen molar-refractivity contribution >= 4 is 23.3 Å². The predicted octanol–water partition coefficient (Wildman–Crippen LogP) is 2.58. The molecular formula is C18H26N2O2S. The number of likely N-dealkylation sites (tertiary alicyclic amines) is 2. The van der Waals surface area contributed by atoms with Gasteiger partial charge in [0, 0.05) is 50.2 Å². The standard InChI is InChI=1S/C18H26N2O2S/c1-19-12-15(13-22-2)18(14-19)7-9-20(10-8-18)17(21)6-5-16-4-3-11-23-16/h3-6,11,15H,7-10,12-14H2,1-2H3/b6-5+/t15-/m1/s1. The summed E-state index contributed by atoms with van der Waals surface area (Å²) in [5, 5.41) is 2.03. The highest BCUT2D eigenvalue weighted by atomic mass is 32.1. The largest absolute Gasteiger partial charge is 0.384 e. The van der Waals surface area contributed by atoms with Crippen LogP contribution in [-0.4, -0.2) is 62.7 Å². The minimum atomic E-state index is 0.142. The summed E-state index contributed by atoms with van der Waals surface area (Å²) in [7, 11) is 3.98. The van der Waals surface area contributed by atoms with Crippen molar-refractivity contribution in [2.45, 2.75) is 12.8 Å². The molecule has 1 aromatic heterocycles. The van der Waals surface area contributed by atoms with Crippen molar-refractivity contribution in [3.05, 3.63) is 28.5 Å². The lowest BCUT2D eigenvalue weighted by Gasteiger charge is -2.42. The van der Waals surface area contributed by atoms with Gasteiger partial charge >= 0.3 is 0 Å². The maximum atomic E-state index is 12.4. The first-order valence-electron chi connectivity index (χ1n) is 8.31. The number of hydrogen-bond acceptors (Lipinski definition) is 4. The van der Waals surface area contributed by atoms with Crippen LogP contribution in [0.4, 0.5) is 0 Å². The number of piperidine rings is 1. The lowest BCUT2D eigenvalue weighted by atomic mass is 9.71. The molecule has 23 heavy (non-hydrogen) atoms. The number of methoxy groups -OCH3 is 1. The number of nitrogens with zero attached hydrogens (tertiary/aromatic N) is 2. The third-order valence-electron chi connectivity index (χ3n) is 5.36. The van der Waals surface area contributed by atoms with Gasteiger partial charge in [-0.15, -0.1) is 11.3 Å². The van der Waals surface area contributed by atoms with E-state index in [-0.39, 0.29) is 5.91 Å². The van der Waals surface area contributed by atoms with Crippen molar-refractivity contribution in [3.8, 4) is 0 Å². The molecule has 1 amide bonds. The molecule has 0 N–H and O–H groups in total. The molecule has 126 valence electrons.